The van der Waals surface area contributed by atoms with Gasteiger partial charge in [-0.05, 0) is 18.3 Å². The highest BCUT2D eigenvalue weighted by molar-refractivity contribution is 5.04. The fourth-order valence-electron chi connectivity index (χ4n) is 2.41. The number of hydrogen-bond acceptors (Lipinski definition) is 6. The summed E-state index contributed by atoms with van der Waals surface area (Å²) in [6.45, 7) is 12.3. The quantitative estimate of drug-likeness (QED) is 0.733. The van der Waals surface area contributed by atoms with Gasteiger partial charge in [0.1, 0.15) is 23.0 Å². The smallest absolute Gasteiger partial charge is 0.396 e. The van der Waals surface area contributed by atoms with Crippen LogP contribution < -0.4 is 11.6 Å². The van der Waals surface area contributed by atoms with Gasteiger partial charge in [-0.3, -0.25) is 0 Å². The maximum Gasteiger partial charge on any atom is 0.519 e. The summed E-state index contributed by atoms with van der Waals surface area (Å²) in [5, 5.41) is 0. The molecule has 0 spiro atoms. The van der Waals surface area contributed by atoms with E-state index in [2.05, 4.69) is 27.7 Å². The van der Waals surface area contributed by atoms with E-state index < -0.39 is 11.6 Å². The molecule has 0 bridgehead atoms. The zero-order chi connectivity index (χ0) is 19.0. The molecule has 0 aliphatic rings. The minimum atomic E-state index is -0.581. The molecule has 142 valence electrons. The van der Waals surface area contributed by atoms with Crippen LogP contribution in [-0.2, 0) is 25.7 Å². The molecule has 2 aromatic heterocycles. The predicted octanol–water partition coefficient (Wildman–Crippen LogP) is 4.38. The second-order valence-electron chi connectivity index (χ2n) is 6.90. The van der Waals surface area contributed by atoms with Crippen LogP contribution in [-0.4, -0.2) is 0 Å². The summed E-state index contributed by atoms with van der Waals surface area (Å²) < 4.78 is 19.6. The van der Waals surface area contributed by atoms with Crippen molar-refractivity contribution in [1.82, 2.24) is 0 Å². The van der Waals surface area contributed by atoms with Crippen LogP contribution in [0.5, 0.6) is 0 Å². The summed E-state index contributed by atoms with van der Waals surface area (Å²) >= 11 is 0. The predicted molar refractivity (Wildman–Crippen MR) is 94.9 cm³/mol. The zero-order valence-electron chi connectivity index (χ0n) is 16.1. The van der Waals surface area contributed by atoms with Crippen LogP contribution in [0.15, 0.2) is 27.3 Å². The zero-order valence-corrected chi connectivity index (χ0v) is 16.1. The second kappa shape index (κ2) is 10.1. The Morgan fingerprint density at radius 3 is 1.48 bits per heavy atom. The molecule has 0 radical (unpaired) electrons. The summed E-state index contributed by atoms with van der Waals surface area (Å²) in [5.41, 5.74) is 0. The molecular formula is C19H30O6. The first-order valence-electron chi connectivity index (χ1n) is 9.00. The van der Waals surface area contributed by atoms with Gasteiger partial charge in [0.25, 0.3) is 0 Å². The molecule has 0 aromatic carbocycles. The first-order valence-corrected chi connectivity index (χ1v) is 9.00. The molecule has 6 heteroatoms. The van der Waals surface area contributed by atoms with Gasteiger partial charge in [-0.25, -0.2) is 9.59 Å². The fourth-order valence-corrected chi connectivity index (χ4v) is 2.41. The van der Waals surface area contributed by atoms with Gasteiger partial charge in [0.15, 0.2) is 0 Å². The second-order valence-corrected chi connectivity index (χ2v) is 6.90. The van der Waals surface area contributed by atoms with Crippen molar-refractivity contribution in [3.05, 3.63) is 44.3 Å². The van der Waals surface area contributed by atoms with Gasteiger partial charge in [0.05, 0.1) is 0 Å². The minimum absolute atomic E-state index is 0.482. The van der Waals surface area contributed by atoms with Crippen LogP contribution >= 0.6 is 0 Å². The summed E-state index contributed by atoms with van der Waals surface area (Å²) in [5.74, 6) is 2.66. The molecule has 0 amide bonds. The van der Waals surface area contributed by atoms with Crippen molar-refractivity contribution in [3.8, 4) is 0 Å². The van der Waals surface area contributed by atoms with Crippen LogP contribution in [0, 0.1) is 11.8 Å². The molecular weight excluding hydrogens is 324 g/mol. The van der Waals surface area contributed by atoms with E-state index in [1.165, 1.54) is 0 Å². The van der Waals surface area contributed by atoms with Crippen LogP contribution in [0.1, 0.15) is 71.0 Å². The van der Waals surface area contributed by atoms with E-state index in [1.54, 1.807) is 0 Å². The van der Waals surface area contributed by atoms with Gasteiger partial charge in [0, 0.05) is 25.7 Å². The summed E-state index contributed by atoms with van der Waals surface area (Å²) in [6.07, 6.45) is 4.02. The topological polar surface area (TPSA) is 86.7 Å². The van der Waals surface area contributed by atoms with E-state index in [0.29, 0.717) is 29.8 Å². The lowest BCUT2D eigenvalue weighted by atomic mass is 10.1. The van der Waals surface area contributed by atoms with Crippen molar-refractivity contribution in [2.45, 2.75) is 73.6 Å². The Hall–Kier alpha value is -1.98. The molecule has 0 saturated carbocycles. The molecule has 0 unspecified atom stereocenters. The molecule has 0 N–H and O–H groups in total. The van der Waals surface area contributed by atoms with Crippen molar-refractivity contribution in [3.63, 3.8) is 0 Å². The van der Waals surface area contributed by atoms with Crippen LogP contribution in [0.25, 0.3) is 0 Å². The largest absolute Gasteiger partial charge is 0.519 e. The van der Waals surface area contributed by atoms with E-state index >= 15 is 0 Å². The first-order chi connectivity index (χ1) is 11.8. The molecule has 6 nitrogen and oxygen atoms in total. The van der Waals surface area contributed by atoms with E-state index in [1.807, 2.05) is 13.8 Å². The molecule has 25 heavy (non-hydrogen) atoms. The van der Waals surface area contributed by atoms with Crippen LogP contribution in [0.4, 0.5) is 0 Å². The first kappa shape index (κ1) is 21.1. The average molecular weight is 354 g/mol. The van der Waals surface area contributed by atoms with Crippen molar-refractivity contribution in [2.75, 3.05) is 0 Å². The Morgan fingerprint density at radius 2 is 1.08 bits per heavy atom. The van der Waals surface area contributed by atoms with Crippen molar-refractivity contribution >= 4 is 0 Å². The highest BCUT2D eigenvalue weighted by Gasteiger charge is 2.13. The van der Waals surface area contributed by atoms with Gasteiger partial charge in [0.2, 0.25) is 0 Å². The maximum absolute atomic E-state index is 10.8. The van der Waals surface area contributed by atoms with Crippen LogP contribution in [0.3, 0.4) is 0 Å². The van der Waals surface area contributed by atoms with Crippen molar-refractivity contribution in [1.29, 1.82) is 0 Å². The highest BCUT2D eigenvalue weighted by Crippen LogP contribution is 2.14. The number of hydrogen-bond donors (Lipinski definition) is 0. The minimum Gasteiger partial charge on any atom is -0.396 e. The van der Waals surface area contributed by atoms with E-state index in [4.69, 9.17) is 17.7 Å². The standard InChI is InChI=1S/C10H16O3.C9H14O3/c1-4-5-8-9(6-7(2)3)13-10(11)12-8;1-4-7-8(5-6(2)3)12-9(10)11-7/h7H,4-6H2,1-3H3;6H,4-5H2,1-3H3. The lowest BCUT2D eigenvalue weighted by Crippen LogP contribution is -1.96. The normalized spacial score (nSPS) is 11.0. The summed E-state index contributed by atoms with van der Waals surface area (Å²) in [6, 6.07) is 0. The highest BCUT2D eigenvalue weighted by atomic mass is 16.6. The fraction of sp³-hybridized carbons (Fsp3) is 0.684. The average Bonchev–Trinajstić information content (AvgIpc) is 3.01. The maximum atomic E-state index is 10.8. The molecule has 0 fully saturated rings. The number of aryl methyl sites for hydroxylation is 2. The molecule has 0 aliphatic carbocycles. The Kier molecular flexibility index (Phi) is 8.52. The molecule has 2 heterocycles. The van der Waals surface area contributed by atoms with E-state index in [-0.39, 0.29) is 0 Å². The summed E-state index contributed by atoms with van der Waals surface area (Å²) in [4.78, 5) is 21.6. The van der Waals surface area contributed by atoms with E-state index in [9.17, 15) is 9.59 Å². The molecule has 0 atom stereocenters. The molecule has 0 aliphatic heterocycles. The Morgan fingerprint density at radius 1 is 0.680 bits per heavy atom. The lowest BCUT2D eigenvalue weighted by molar-refractivity contribution is 0.361. The molecule has 2 rings (SSSR count). The monoisotopic (exact) mass is 354 g/mol. The third-order valence-electron chi connectivity index (χ3n) is 3.43. The summed E-state index contributed by atoms with van der Waals surface area (Å²) in [7, 11) is 0. The van der Waals surface area contributed by atoms with Gasteiger partial charge in [-0.2, -0.15) is 0 Å². The Bertz CT molecular complexity index is 726. The molecule has 2 aromatic rings. The third-order valence-corrected chi connectivity index (χ3v) is 3.43. The van der Waals surface area contributed by atoms with Crippen molar-refractivity contribution < 1.29 is 17.7 Å². The van der Waals surface area contributed by atoms with E-state index in [0.717, 1.165) is 37.2 Å². The van der Waals surface area contributed by atoms with Crippen LogP contribution in [0.2, 0.25) is 0 Å². The van der Waals surface area contributed by atoms with Crippen molar-refractivity contribution in [2.24, 2.45) is 11.8 Å². The Balaban J connectivity index is 0.000000251. The van der Waals surface area contributed by atoms with Gasteiger partial charge < -0.3 is 17.7 Å². The Labute approximate surface area is 148 Å². The lowest BCUT2D eigenvalue weighted by Gasteiger charge is -2.00. The van der Waals surface area contributed by atoms with Gasteiger partial charge in [-0.15, -0.1) is 0 Å². The number of rotatable bonds is 7. The van der Waals surface area contributed by atoms with Gasteiger partial charge >= 0.3 is 11.6 Å². The third kappa shape index (κ3) is 7.20. The van der Waals surface area contributed by atoms with Gasteiger partial charge in [-0.1, -0.05) is 41.5 Å². The SMILES string of the molecule is CCCc1oc(=O)oc1CC(C)C.CCc1oc(=O)oc1CC(C)C. The molecule has 0 saturated heterocycles.